The van der Waals surface area contributed by atoms with Crippen molar-refractivity contribution in [3.8, 4) is 0 Å². The lowest BCUT2D eigenvalue weighted by Gasteiger charge is -2.32. The van der Waals surface area contributed by atoms with Crippen LogP contribution in [0.4, 0.5) is 0 Å². The van der Waals surface area contributed by atoms with Crippen molar-refractivity contribution >= 4 is 17.4 Å². The third-order valence-electron chi connectivity index (χ3n) is 2.09. The molecule has 0 aromatic rings. The van der Waals surface area contributed by atoms with Crippen LogP contribution in [0.5, 0.6) is 0 Å². The van der Waals surface area contributed by atoms with E-state index in [1.807, 2.05) is 0 Å². The normalized spacial score (nSPS) is 51.8. The third-order valence-corrected chi connectivity index (χ3v) is 2.09. The minimum atomic E-state index is -1.15. The maximum Gasteiger partial charge on any atom is 0.187 e. The Morgan fingerprint density at radius 2 is 1.67 bits per heavy atom. The second kappa shape index (κ2) is 3.60. The molecule has 2 bridgehead atoms. The minimum absolute atomic E-state index is 0. The highest BCUT2D eigenvalue weighted by Gasteiger charge is 2.48. The molecule has 2 saturated heterocycles. The molecule has 5 atom stereocenters. The van der Waals surface area contributed by atoms with Crippen LogP contribution in [0.15, 0.2) is 0 Å². The van der Waals surface area contributed by atoms with Crippen LogP contribution in [-0.4, -0.2) is 70.0 Å². The zero-order chi connectivity index (χ0) is 8.01. The van der Waals surface area contributed by atoms with E-state index in [2.05, 4.69) is 0 Å². The monoisotopic (exact) mass is 192 g/mol. The Hall–Kier alpha value is 0.332. The number of ether oxygens (including phenoxy) is 2. The zero-order valence-corrected chi connectivity index (χ0v) is 5.75. The highest BCUT2D eigenvalue weighted by molar-refractivity contribution is 5.75. The van der Waals surface area contributed by atoms with Gasteiger partial charge in [0.1, 0.15) is 24.4 Å². The number of fused-ring (bicyclic) bond motifs is 2. The van der Waals surface area contributed by atoms with Gasteiger partial charge in [-0.1, -0.05) is 0 Å². The molecule has 12 heavy (non-hydrogen) atoms. The number of hydrogen-bond acceptors (Lipinski definition) is 5. The summed E-state index contributed by atoms with van der Waals surface area (Å²) in [6, 6.07) is 0. The highest BCUT2D eigenvalue weighted by Crippen LogP contribution is 2.27. The Bertz CT molecular complexity index is 146. The van der Waals surface area contributed by atoms with Gasteiger partial charge in [0.25, 0.3) is 0 Å². The molecule has 5 nitrogen and oxygen atoms in total. The van der Waals surface area contributed by atoms with E-state index < -0.39 is 30.7 Å². The van der Waals surface area contributed by atoms with E-state index in [-0.39, 0.29) is 24.0 Å². The molecule has 2 fully saturated rings. The van der Waals surface area contributed by atoms with Gasteiger partial charge in [-0.25, -0.2) is 0 Å². The molecule has 2 heterocycles. The summed E-state index contributed by atoms with van der Waals surface area (Å²) < 4.78 is 9.95. The summed E-state index contributed by atoms with van der Waals surface area (Å²) >= 11 is 0. The van der Waals surface area contributed by atoms with E-state index in [1.54, 1.807) is 0 Å². The van der Waals surface area contributed by atoms with Crippen molar-refractivity contribution in [2.45, 2.75) is 30.7 Å². The van der Waals surface area contributed by atoms with Crippen LogP contribution in [0.25, 0.3) is 0 Å². The lowest BCUT2D eigenvalue weighted by Crippen LogP contribution is -2.53. The van der Waals surface area contributed by atoms with E-state index in [9.17, 15) is 10.2 Å². The van der Waals surface area contributed by atoms with Gasteiger partial charge in [0.15, 0.2) is 23.7 Å². The maximum absolute atomic E-state index is 9.22. The number of aliphatic hydroxyl groups excluding tert-OH is 3. The molecule has 70 valence electrons. The van der Waals surface area contributed by atoms with Gasteiger partial charge in [-0.2, -0.15) is 0 Å². The standard InChI is InChI=1S/C6H10O5.Al.3H/c7-3-2-1-10-6(11-2)5(9)4(3)8;;;;/h2-9H,1H2;;;;/t2-,3-,4+,5-,6-;;;;/m1..../s1. The molecule has 3 N–H and O–H groups in total. The summed E-state index contributed by atoms with van der Waals surface area (Å²) in [4.78, 5) is 0. The van der Waals surface area contributed by atoms with Crippen LogP contribution in [0.1, 0.15) is 0 Å². The largest absolute Gasteiger partial charge is 0.387 e. The summed E-state index contributed by atoms with van der Waals surface area (Å²) in [6.07, 6.45) is -4.58. The fourth-order valence-corrected chi connectivity index (χ4v) is 1.38. The third kappa shape index (κ3) is 1.40. The minimum Gasteiger partial charge on any atom is -0.387 e. The van der Waals surface area contributed by atoms with E-state index in [0.717, 1.165) is 0 Å². The summed E-state index contributed by atoms with van der Waals surface area (Å²) in [6.45, 7) is 0.236. The van der Waals surface area contributed by atoms with Gasteiger partial charge in [0.05, 0.1) is 6.61 Å². The SMILES string of the molecule is O[C@@H]1[C@@H](O)[C@@H]2OC[C@@H](O2)[C@H]1O.[AlH3]. The molecule has 0 unspecified atom stereocenters. The first-order chi connectivity index (χ1) is 5.20. The first-order valence-corrected chi connectivity index (χ1v) is 3.51. The highest BCUT2D eigenvalue weighted by atomic mass is 27.0. The smallest absolute Gasteiger partial charge is 0.187 e. The fourth-order valence-electron chi connectivity index (χ4n) is 1.38. The summed E-state index contributed by atoms with van der Waals surface area (Å²) in [5.41, 5.74) is 0. The second-order valence-electron chi connectivity index (χ2n) is 2.85. The first kappa shape index (κ1) is 10.4. The molecule has 0 aromatic heterocycles. The van der Waals surface area contributed by atoms with Gasteiger partial charge in [-0.3, -0.25) is 0 Å². The maximum atomic E-state index is 9.22. The molecule has 0 radical (unpaired) electrons. The van der Waals surface area contributed by atoms with Crippen molar-refractivity contribution in [1.82, 2.24) is 0 Å². The van der Waals surface area contributed by atoms with E-state index in [1.165, 1.54) is 0 Å². The van der Waals surface area contributed by atoms with Gasteiger partial charge in [-0.05, 0) is 0 Å². The molecule has 2 rings (SSSR count). The van der Waals surface area contributed by atoms with Crippen molar-refractivity contribution in [2.24, 2.45) is 0 Å². The predicted octanol–water partition coefficient (Wildman–Crippen LogP) is -3.36. The van der Waals surface area contributed by atoms with Gasteiger partial charge < -0.3 is 24.8 Å². The molecule has 0 spiro atoms. The summed E-state index contributed by atoms with van der Waals surface area (Å²) in [5, 5.41) is 27.6. The molecule has 0 amide bonds. The molecular weight excluding hydrogens is 179 g/mol. The average molecular weight is 192 g/mol. The Morgan fingerprint density at radius 3 is 2.33 bits per heavy atom. The molecule has 2 aliphatic rings. The van der Waals surface area contributed by atoms with Crippen molar-refractivity contribution in [3.63, 3.8) is 0 Å². The number of rotatable bonds is 0. The Morgan fingerprint density at radius 1 is 1.00 bits per heavy atom. The first-order valence-electron chi connectivity index (χ1n) is 3.51. The average Bonchev–Trinajstić information content (AvgIpc) is 2.44. The van der Waals surface area contributed by atoms with E-state index in [0.29, 0.717) is 0 Å². The molecule has 6 heteroatoms. The number of aliphatic hydroxyl groups is 3. The Balaban J connectivity index is 0.000000720. The van der Waals surface area contributed by atoms with Crippen LogP contribution in [-0.2, 0) is 9.47 Å². The molecule has 0 aliphatic carbocycles. The molecular formula is C6H13AlO5. The van der Waals surface area contributed by atoms with E-state index in [4.69, 9.17) is 14.6 Å². The van der Waals surface area contributed by atoms with Crippen LogP contribution < -0.4 is 0 Å². The Labute approximate surface area is 80.0 Å². The molecule has 0 saturated carbocycles. The lowest BCUT2D eigenvalue weighted by atomic mass is 10.0. The quantitative estimate of drug-likeness (QED) is 0.349. The van der Waals surface area contributed by atoms with Crippen molar-refractivity contribution < 1.29 is 24.8 Å². The van der Waals surface area contributed by atoms with E-state index >= 15 is 0 Å². The van der Waals surface area contributed by atoms with Crippen molar-refractivity contribution in [1.29, 1.82) is 0 Å². The number of hydrogen-bond donors (Lipinski definition) is 3. The van der Waals surface area contributed by atoms with Crippen LogP contribution in [0, 0.1) is 0 Å². The van der Waals surface area contributed by atoms with Crippen molar-refractivity contribution in [3.05, 3.63) is 0 Å². The Kier molecular flexibility index (Phi) is 3.12. The van der Waals surface area contributed by atoms with Gasteiger partial charge in [0.2, 0.25) is 0 Å². The van der Waals surface area contributed by atoms with Gasteiger partial charge in [-0.15, -0.1) is 0 Å². The molecule has 2 aliphatic heterocycles. The van der Waals surface area contributed by atoms with Crippen LogP contribution in [0.3, 0.4) is 0 Å². The second-order valence-corrected chi connectivity index (χ2v) is 2.85. The van der Waals surface area contributed by atoms with Crippen molar-refractivity contribution in [2.75, 3.05) is 6.61 Å². The van der Waals surface area contributed by atoms with Crippen LogP contribution in [0.2, 0.25) is 0 Å². The fraction of sp³-hybridized carbons (Fsp3) is 1.00. The van der Waals surface area contributed by atoms with Gasteiger partial charge >= 0.3 is 0 Å². The predicted molar refractivity (Wildman–Crippen MR) is 42.6 cm³/mol. The summed E-state index contributed by atoms with van der Waals surface area (Å²) in [7, 11) is 0. The lowest BCUT2D eigenvalue weighted by molar-refractivity contribution is -0.228. The van der Waals surface area contributed by atoms with Gasteiger partial charge in [0, 0.05) is 0 Å². The van der Waals surface area contributed by atoms with Crippen LogP contribution >= 0.6 is 0 Å². The molecule has 0 aromatic carbocycles. The topological polar surface area (TPSA) is 79.2 Å². The zero-order valence-electron chi connectivity index (χ0n) is 5.75. The summed E-state index contributed by atoms with van der Waals surface area (Å²) in [5.74, 6) is 0.